The molecule has 2 N–H and O–H groups in total. The summed E-state index contributed by atoms with van der Waals surface area (Å²) in [4.78, 5) is 25.2. The first-order valence-corrected chi connectivity index (χ1v) is 12.3. The highest BCUT2D eigenvalue weighted by Gasteiger charge is 2.39. The van der Waals surface area contributed by atoms with Gasteiger partial charge in [0.05, 0.1) is 31.2 Å². The van der Waals surface area contributed by atoms with Gasteiger partial charge in [-0.1, -0.05) is 18.2 Å². The lowest BCUT2D eigenvalue weighted by molar-refractivity contribution is -0.0373. The Morgan fingerprint density at radius 2 is 1.94 bits per heavy atom. The Kier molecular flexibility index (Phi) is 7.82. The number of imidazole rings is 1. The number of aromatic nitrogens is 4. The van der Waals surface area contributed by atoms with Crippen molar-refractivity contribution >= 4 is 31.3 Å². The van der Waals surface area contributed by atoms with Gasteiger partial charge in [0.25, 0.3) is 0 Å². The van der Waals surface area contributed by atoms with Gasteiger partial charge < -0.3 is 24.3 Å². The minimum absolute atomic E-state index is 0.0550. The van der Waals surface area contributed by atoms with Crippen molar-refractivity contribution in [1.82, 2.24) is 19.5 Å². The van der Waals surface area contributed by atoms with Crippen LogP contribution in [0.25, 0.3) is 11.2 Å². The number of ether oxygens (including phenoxy) is 2. The van der Waals surface area contributed by atoms with Crippen LogP contribution in [0.2, 0.25) is 0 Å². The summed E-state index contributed by atoms with van der Waals surface area (Å²) < 4.78 is 25.5. The molecule has 176 valence electrons. The Hall–Kier alpha value is -2.65. The molecule has 1 aliphatic heterocycles. The molecule has 33 heavy (non-hydrogen) atoms. The molecule has 0 aliphatic carbocycles. The summed E-state index contributed by atoms with van der Waals surface area (Å²) in [6.45, 7) is 5.16. The second-order valence-electron chi connectivity index (χ2n) is 7.52. The van der Waals surface area contributed by atoms with Crippen molar-refractivity contribution in [1.29, 1.82) is 0 Å². The Balaban J connectivity index is 1.52. The smallest absolute Gasteiger partial charge is 0.338 e. The number of rotatable bonds is 10. The number of nitrogens with two attached hydrogens (primary N) is 1. The fraction of sp³-hybridized carbons (Fsp3) is 0.455. The minimum Gasteiger partial charge on any atom is -0.459 e. The van der Waals surface area contributed by atoms with Gasteiger partial charge in [-0.05, 0) is 32.4 Å². The van der Waals surface area contributed by atoms with Crippen LogP contribution in [0.4, 0.5) is 5.82 Å². The number of benzene rings is 1. The van der Waals surface area contributed by atoms with Crippen molar-refractivity contribution < 1.29 is 23.3 Å². The summed E-state index contributed by atoms with van der Waals surface area (Å²) in [5.74, 6) is -0.0101. The second-order valence-corrected chi connectivity index (χ2v) is 9.07. The maximum absolute atomic E-state index is 12.5. The zero-order valence-electron chi connectivity index (χ0n) is 18.7. The summed E-state index contributed by atoms with van der Waals surface area (Å²) in [5.41, 5.74) is 7.57. The van der Waals surface area contributed by atoms with Crippen molar-refractivity contribution in [2.24, 2.45) is 5.92 Å². The number of carbonyl (C=O) groups excluding carboxylic acids is 1. The molecule has 0 radical (unpaired) electrons. The van der Waals surface area contributed by atoms with Crippen molar-refractivity contribution in [3.05, 3.63) is 48.5 Å². The molecule has 0 bridgehead atoms. The number of esters is 1. The van der Waals surface area contributed by atoms with E-state index in [0.29, 0.717) is 48.3 Å². The number of carbonyl (C=O) groups is 1. The zero-order chi connectivity index (χ0) is 23.2. The molecule has 11 heteroatoms. The van der Waals surface area contributed by atoms with Crippen molar-refractivity contribution in [3.63, 3.8) is 0 Å². The van der Waals surface area contributed by atoms with Crippen LogP contribution in [0.5, 0.6) is 0 Å². The van der Waals surface area contributed by atoms with Crippen LogP contribution in [0.1, 0.15) is 36.9 Å². The normalized spacial score (nSPS) is 20.5. The molecule has 1 aliphatic rings. The van der Waals surface area contributed by atoms with Crippen LogP contribution in [0, 0.1) is 5.92 Å². The third-order valence-electron chi connectivity index (χ3n) is 5.38. The van der Waals surface area contributed by atoms with E-state index in [4.69, 9.17) is 24.3 Å². The lowest BCUT2D eigenvalue weighted by Gasteiger charge is -2.22. The average Bonchev–Trinajstić information content (AvgIpc) is 3.43. The summed E-state index contributed by atoms with van der Waals surface area (Å²) in [7, 11) is -1.08. The SMILES string of the molecule is CCOP(C[C@H]1C[C@H](n2cnc3c(N)ncnc32)O[C@@H]1COC(=O)c1ccccc1)OCC. The quantitative estimate of drug-likeness (QED) is 0.348. The minimum atomic E-state index is -1.08. The van der Waals surface area contributed by atoms with Gasteiger partial charge in [0.15, 0.2) is 19.8 Å². The van der Waals surface area contributed by atoms with Crippen LogP contribution in [-0.4, -0.2) is 57.6 Å². The fourth-order valence-corrected chi connectivity index (χ4v) is 5.47. The fourth-order valence-electron chi connectivity index (χ4n) is 3.84. The summed E-state index contributed by atoms with van der Waals surface area (Å²) >= 11 is 0. The Morgan fingerprint density at radius 3 is 2.67 bits per heavy atom. The molecule has 10 nitrogen and oxygen atoms in total. The van der Waals surface area contributed by atoms with Gasteiger partial charge in [-0.15, -0.1) is 0 Å². The van der Waals surface area contributed by atoms with Gasteiger partial charge >= 0.3 is 5.97 Å². The van der Waals surface area contributed by atoms with Gasteiger partial charge in [-0.3, -0.25) is 4.57 Å². The molecule has 4 rings (SSSR count). The maximum atomic E-state index is 12.5. The number of fused-ring (bicyclic) bond motifs is 1. The van der Waals surface area contributed by atoms with Gasteiger partial charge in [0, 0.05) is 12.1 Å². The number of anilines is 1. The molecule has 3 atom stereocenters. The van der Waals surface area contributed by atoms with Gasteiger partial charge in [0.2, 0.25) is 0 Å². The number of hydrogen-bond acceptors (Lipinski definition) is 9. The molecule has 3 heterocycles. The van der Waals surface area contributed by atoms with E-state index in [9.17, 15) is 4.79 Å². The zero-order valence-corrected chi connectivity index (χ0v) is 19.6. The highest BCUT2D eigenvalue weighted by molar-refractivity contribution is 7.47. The van der Waals surface area contributed by atoms with E-state index in [-0.39, 0.29) is 30.8 Å². The average molecular weight is 473 g/mol. The lowest BCUT2D eigenvalue weighted by atomic mass is 10.0. The standard InChI is InChI=1S/C22H28N5O5P/c1-3-30-33(31-4-2)12-16-10-18(27-14-26-19-20(23)24-13-25-21(19)27)32-17(16)11-29-22(28)15-8-6-5-7-9-15/h5-9,13-14,16-18H,3-4,10-12H2,1-2H3,(H2,23,24,25)/t16-,17-,18-/m1/s1. The Bertz CT molecular complexity index is 1060. The topological polar surface area (TPSA) is 124 Å². The van der Waals surface area contributed by atoms with Crippen molar-refractivity contribution in [2.75, 3.05) is 31.7 Å². The summed E-state index contributed by atoms with van der Waals surface area (Å²) in [6, 6.07) is 8.91. The largest absolute Gasteiger partial charge is 0.459 e. The number of nitrogens with zero attached hydrogens (tertiary/aromatic N) is 4. The monoisotopic (exact) mass is 473 g/mol. The first-order chi connectivity index (χ1) is 16.1. The van der Waals surface area contributed by atoms with Crippen LogP contribution in [0.15, 0.2) is 43.0 Å². The molecule has 1 fully saturated rings. The third-order valence-corrected chi connectivity index (χ3v) is 7.24. The highest BCUT2D eigenvalue weighted by atomic mass is 31.2. The Morgan fingerprint density at radius 1 is 1.18 bits per heavy atom. The second kappa shape index (κ2) is 11.0. The van der Waals surface area contributed by atoms with E-state index < -0.39 is 8.38 Å². The summed E-state index contributed by atoms with van der Waals surface area (Å²) in [5, 5.41) is 0. The van der Waals surface area contributed by atoms with E-state index in [2.05, 4.69) is 15.0 Å². The molecule has 3 aromatic rings. The van der Waals surface area contributed by atoms with Crippen LogP contribution in [0.3, 0.4) is 0 Å². The van der Waals surface area contributed by atoms with Gasteiger partial charge in [0.1, 0.15) is 24.7 Å². The van der Waals surface area contributed by atoms with E-state index in [1.54, 1.807) is 30.6 Å². The summed E-state index contributed by atoms with van der Waals surface area (Å²) in [6.07, 6.45) is 3.74. The highest BCUT2D eigenvalue weighted by Crippen LogP contribution is 2.46. The molecular formula is C22H28N5O5P. The predicted molar refractivity (Wildman–Crippen MR) is 124 cm³/mol. The predicted octanol–water partition coefficient (Wildman–Crippen LogP) is 3.55. The first kappa shape index (κ1) is 23.5. The molecule has 0 spiro atoms. The van der Waals surface area contributed by atoms with E-state index in [1.165, 1.54) is 6.33 Å². The maximum Gasteiger partial charge on any atom is 0.338 e. The molecule has 2 aromatic heterocycles. The van der Waals surface area contributed by atoms with E-state index >= 15 is 0 Å². The molecule has 1 aromatic carbocycles. The van der Waals surface area contributed by atoms with Crippen molar-refractivity contribution in [2.45, 2.75) is 32.6 Å². The lowest BCUT2D eigenvalue weighted by Crippen LogP contribution is -2.26. The molecule has 0 unspecified atom stereocenters. The first-order valence-electron chi connectivity index (χ1n) is 10.9. The molecular weight excluding hydrogens is 445 g/mol. The molecule has 1 saturated heterocycles. The Labute approximate surface area is 193 Å². The van der Waals surface area contributed by atoms with E-state index in [1.807, 2.05) is 24.5 Å². The van der Waals surface area contributed by atoms with Gasteiger partial charge in [-0.25, -0.2) is 19.7 Å². The molecule has 0 saturated carbocycles. The third kappa shape index (κ3) is 5.47. The molecule has 0 amide bonds. The number of nitrogen functional groups attached to an aromatic ring is 1. The van der Waals surface area contributed by atoms with Crippen LogP contribution < -0.4 is 5.73 Å². The number of hydrogen-bond donors (Lipinski definition) is 1. The van der Waals surface area contributed by atoms with Crippen LogP contribution >= 0.6 is 8.38 Å². The van der Waals surface area contributed by atoms with Crippen molar-refractivity contribution in [3.8, 4) is 0 Å². The van der Waals surface area contributed by atoms with E-state index in [0.717, 1.165) is 0 Å². The van der Waals surface area contributed by atoms with Crippen LogP contribution in [-0.2, 0) is 18.5 Å². The van der Waals surface area contributed by atoms with Gasteiger partial charge in [-0.2, -0.15) is 0 Å².